The molecular weight excluding hydrogens is 436 g/mol. The molecule has 1 aromatic heterocycles. The minimum Gasteiger partial charge on any atom is -0.348 e. The summed E-state index contributed by atoms with van der Waals surface area (Å²) in [6.07, 6.45) is 3.58. The van der Waals surface area contributed by atoms with E-state index in [9.17, 15) is 13.2 Å². The number of benzene rings is 2. The fraction of sp³-hybridized carbons (Fsp3) is 0.273. The third kappa shape index (κ3) is 5.33. The van der Waals surface area contributed by atoms with Gasteiger partial charge in [-0.1, -0.05) is 35.9 Å². The molecule has 0 fully saturated rings. The lowest BCUT2D eigenvalue weighted by atomic mass is 10.1. The molecule has 0 aliphatic carbocycles. The Hall–Kier alpha value is -2.68. The van der Waals surface area contributed by atoms with Crippen LogP contribution in [0, 0.1) is 0 Å². The molecule has 7 nitrogen and oxygen atoms in total. The van der Waals surface area contributed by atoms with E-state index in [1.165, 1.54) is 29.6 Å². The molecule has 0 atom stereocenters. The standard InChI is InChI=1S/C22H25ClN4O3S/c1-16(2)26(3)31(29,30)19-9-10-21(23)20(13-19)22(28)24-14-17-7-4-5-8-18(17)15-27-12-6-11-25-27/h4-13,16H,14-15H2,1-3H3,(H,24,28). The van der Waals surface area contributed by atoms with Crippen molar-refractivity contribution in [2.45, 2.75) is 37.9 Å². The molecule has 0 saturated heterocycles. The molecule has 0 radical (unpaired) electrons. The van der Waals surface area contributed by atoms with Crippen LogP contribution >= 0.6 is 11.6 Å². The normalized spacial score (nSPS) is 11.8. The van der Waals surface area contributed by atoms with Crippen LogP contribution in [0.4, 0.5) is 0 Å². The lowest BCUT2D eigenvalue weighted by Gasteiger charge is -2.21. The van der Waals surface area contributed by atoms with Gasteiger partial charge < -0.3 is 5.32 Å². The first-order valence-electron chi connectivity index (χ1n) is 9.80. The first-order chi connectivity index (χ1) is 14.7. The van der Waals surface area contributed by atoms with Gasteiger partial charge in [-0.25, -0.2) is 8.42 Å². The van der Waals surface area contributed by atoms with Gasteiger partial charge in [-0.05, 0) is 49.2 Å². The molecule has 1 N–H and O–H groups in total. The van der Waals surface area contributed by atoms with Crippen LogP contribution in [-0.4, -0.2) is 41.5 Å². The Morgan fingerprint density at radius 2 is 1.87 bits per heavy atom. The second-order valence-electron chi connectivity index (χ2n) is 7.41. The summed E-state index contributed by atoms with van der Waals surface area (Å²) >= 11 is 6.21. The average Bonchev–Trinajstić information content (AvgIpc) is 3.25. The zero-order valence-electron chi connectivity index (χ0n) is 17.6. The van der Waals surface area contributed by atoms with Crippen LogP contribution in [0.5, 0.6) is 0 Å². The Bertz CT molecular complexity index is 1160. The minimum absolute atomic E-state index is 0.0253. The predicted octanol–water partition coefficient (Wildman–Crippen LogP) is 3.54. The fourth-order valence-electron chi connectivity index (χ4n) is 3.01. The Balaban J connectivity index is 1.79. The molecule has 9 heteroatoms. The number of carbonyl (C=O) groups is 1. The van der Waals surface area contributed by atoms with Crippen molar-refractivity contribution in [2.24, 2.45) is 0 Å². The van der Waals surface area contributed by atoms with E-state index in [0.29, 0.717) is 6.54 Å². The molecule has 3 aromatic rings. The van der Waals surface area contributed by atoms with Crippen molar-refractivity contribution in [3.05, 3.63) is 82.6 Å². The summed E-state index contributed by atoms with van der Waals surface area (Å²) in [5.41, 5.74) is 2.07. The van der Waals surface area contributed by atoms with E-state index in [1.807, 2.05) is 36.5 Å². The molecule has 0 aliphatic heterocycles. The Morgan fingerprint density at radius 3 is 2.52 bits per heavy atom. The van der Waals surface area contributed by atoms with Crippen LogP contribution in [-0.2, 0) is 23.1 Å². The zero-order chi connectivity index (χ0) is 22.6. The lowest BCUT2D eigenvalue weighted by Crippen LogP contribution is -2.33. The summed E-state index contributed by atoms with van der Waals surface area (Å²) in [5.74, 6) is -0.442. The summed E-state index contributed by atoms with van der Waals surface area (Å²) < 4.78 is 28.6. The van der Waals surface area contributed by atoms with Crippen molar-refractivity contribution in [2.75, 3.05) is 7.05 Å². The van der Waals surface area contributed by atoms with Gasteiger partial charge >= 0.3 is 0 Å². The van der Waals surface area contributed by atoms with E-state index in [0.717, 1.165) is 11.1 Å². The molecule has 0 aliphatic rings. The second-order valence-corrected chi connectivity index (χ2v) is 9.82. The highest BCUT2D eigenvalue weighted by molar-refractivity contribution is 7.89. The molecule has 1 heterocycles. The van der Waals surface area contributed by atoms with Gasteiger partial charge in [-0.15, -0.1) is 0 Å². The van der Waals surface area contributed by atoms with E-state index < -0.39 is 15.9 Å². The van der Waals surface area contributed by atoms with Crippen LogP contribution < -0.4 is 5.32 Å². The Morgan fingerprint density at radius 1 is 1.16 bits per heavy atom. The molecule has 3 rings (SSSR count). The molecule has 31 heavy (non-hydrogen) atoms. The van der Waals surface area contributed by atoms with Gasteiger partial charge in [0.15, 0.2) is 0 Å². The van der Waals surface area contributed by atoms with Gasteiger partial charge in [-0.3, -0.25) is 9.48 Å². The molecule has 0 saturated carbocycles. The van der Waals surface area contributed by atoms with E-state index in [2.05, 4.69) is 10.4 Å². The van der Waals surface area contributed by atoms with Crippen LogP contribution in [0.15, 0.2) is 65.8 Å². The van der Waals surface area contributed by atoms with Crippen LogP contribution in [0.1, 0.15) is 35.3 Å². The average molecular weight is 461 g/mol. The third-order valence-corrected chi connectivity index (χ3v) is 7.40. The van der Waals surface area contributed by atoms with Gasteiger partial charge in [0, 0.05) is 32.0 Å². The second kappa shape index (κ2) is 9.64. The minimum atomic E-state index is -3.73. The number of carbonyl (C=O) groups excluding carboxylic acids is 1. The van der Waals surface area contributed by atoms with Crippen molar-refractivity contribution >= 4 is 27.5 Å². The number of halogens is 1. The van der Waals surface area contributed by atoms with Gasteiger partial charge in [0.2, 0.25) is 10.0 Å². The fourth-order valence-corrected chi connectivity index (χ4v) is 4.60. The quantitative estimate of drug-likeness (QED) is 0.557. The van der Waals surface area contributed by atoms with E-state index >= 15 is 0 Å². The number of rotatable bonds is 8. The van der Waals surface area contributed by atoms with Crippen molar-refractivity contribution in [1.29, 1.82) is 0 Å². The highest BCUT2D eigenvalue weighted by Gasteiger charge is 2.25. The Kier molecular flexibility index (Phi) is 7.15. The summed E-state index contributed by atoms with van der Waals surface area (Å²) in [5, 5.41) is 7.25. The number of nitrogens with zero attached hydrogens (tertiary/aromatic N) is 3. The zero-order valence-corrected chi connectivity index (χ0v) is 19.2. The summed E-state index contributed by atoms with van der Waals surface area (Å²) in [6.45, 7) is 4.41. The first kappa shape index (κ1) is 23.0. The third-order valence-electron chi connectivity index (χ3n) is 5.04. The number of amides is 1. The van der Waals surface area contributed by atoms with Crippen LogP contribution in [0.3, 0.4) is 0 Å². The predicted molar refractivity (Wildman–Crippen MR) is 120 cm³/mol. The number of hydrogen-bond donors (Lipinski definition) is 1. The van der Waals surface area contributed by atoms with Crippen LogP contribution in [0.2, 0.25) is 5.02 Å². The number of aromatic nitrogens is 2. The summed E-state index contributed by atoms with van der Waals surface area (Å²) in [4.78, 5) is 12.9. The molecular formula is C22H25ClN4O3S. The van der Waals surface area contributed by atoms with E-state index in [4.69, 9.17) is 11.6 Å². The maximum Gasteiger partial charge on any atom is 0.253 e. The number of nitrogens with one attached hydrogen (secondary N) is 1. The SMILES string of the molecule is CC(C)N(C)S(=O)(=O)c1ccc(Cl)c(C(=O)NCc2ccccc2Cn2cccn2)c1. The van der Waals surface area contributed by atoms with Crippen molar-refractivity contribution in [1.82, 2.24) is 19.4 Å². The molecule has 0 bridgehead atoms. The maximum absolute atomic E-state index is 12.8. The molecule has 0 unspecified atom stereocenters. The Labute approximate surface area is 187 Å². The molecule has 164 valence electrons. The summed E-state index contributed by atoms with van der Waals surface area (Å²) in [7, 11) is -2.22. The first-order valence-corrected chi connectivity index (χ1v) is 11.6. The topological polar surface area (TPSA) is 84.3 Å². The highest BCUT2D eigenvalue weighted by atomic mass is 35.5. The monoisotopic (exact) mass is 460 g/mol. The van der Waals surface area contributed by atoms with Gasteiger partial charge in [0.1, 0.15) is 0 Å². The van der Waals surface area contributed by atoms with E-state index in [-0.39, 0.29) is 28.1 Å². The van der Waals surface area contributed by atoms with Gasteiger partial charge in [-0.2, -0.15) is 9.40 Å². The smallest absolute Gasteiger partial charge is 0.253 e. The van der Waals surface area contributed by atoms with Crippen molar-refractivity contribution in [3.8, 4) is 0 Å². The largest absolute Gasteiger partial charge is 0.348 e. The number of sulfonamides is 1. The van der Waals surface area contributed by atoms with E-state index in [1.54, 1.807) is 24.7 Å². The lowest BCUT2D eigenvalue weighted by molar-refractivity contribution is 0.0950. The van der Waals surface area contributed by atoms with Crippen molar-refractivity contribution in [3.63, 3.8) is 0 Å². The number of hydrogen-bond acceptors (Lipinski definition) is 4. The molecule has 2 aromatic carbocycles. The highest BCUT2D eigenvalue weighted by Crippen LogP contribution is 2.23. The molecule has 1 amide bonds. The van der Waals surface area contributed by atoms with Gasteiger partial charge in [0.25, 0.3) is 5.91 Å². The maximum atomic E-state index is 12.8. The van der Waals surface area contributed by atoms with Gasteiger partial charge in [0.05, 0.1) is 22.0 Å². The van der Waals surface area contributed by atoms with Crippen LogP contribution in [0.25, 0.3) is 0 Å². The molecule has 0 spiro atoms. The summed E-state index contributed by atoms with van der Waals surface area (Å²) in [6, 6.07) is 13.5. The van der Waals surface area contributed by atoms with Crippen molar-refractivity contribution < 1.29 is 13.2 Å².